The largest absolute Gasteiger partial charge is 0.497 e. The summed E-state index contributed by atoms with van der Waals surface area (Å²) in [5.74, 6) is 1.73. The molecule has 0 saturated carbocycles. The van der Waals surface area contributed by atoms with Crippen LogP contribution in [-0.4, -0.2) is 44.3 Å². The third-order valence-electron chi connectivity index (χ3n) is 4.91. The zero-order valence-electron chi connectivity index (χ0n) is 13.3. The summed E-state index contributed by atoms with van der Waals surface area (Å²) < 4.78 is 10.7. The monoisotopic (exact) mass is 290 g/mol. The quantitative estimate of drug-likeness (QED) is 0.903. The van der Waals surface area contributed by atoms with Crippen LogP contribution in [0.1, 0.15) is 31.2 Å². The molecule has 21 heavy (non-hydrogen) atoms. The first-order valence-corrected chi connectivity index (χ1v) is 7.86. The van der Waals surface area contributed by atoms with E-state index in [1.807, 2.05) is 6.07 Å². The summed E-state index contributed by atoms with van der Waals surface area (Å²) in [6, 6.07) is 8.28. The summed E-state index contributed by atoms with van der Waals surface area (Å²) in [5.41, 5.74) is 1.25. The molecule has 0 amide bonds. The third kappa shape index (κ3) is 3.33. The maximum Gasteiger partial charge on any atom is 0.122 e. The highest BCUT2D eigenvalue weighted by atomic mass is 16.5. The number of hydrogen-bond acceptors (Lipinski definition) is 4. The van der Waals surface area contributed by atoms with Crippen LogP contribution in [0.5, 0.6) is 11.5 Å². The summed E-state index contributed by atoms with van der Waals surface area (Å²) in [7, 11) is 5.64. The van der Waals surface area contributed by atoms with Crippen molar-refractivity contribution in [3.05, 3.63) is 23.8 Å². The fraction of sp³-hybridized carbons (Fsp3) is 0.647. The maximum absolute atomic E-state index is 5.36. The molecule has 0 aromatic heterocycles. The molecular weight excluding hydrogens is 264 g/mol. The molecule has 1 N–H and O–H groups in total. The fourth-order valence-electron chi connectivity index (χ4n) is 3.76. The van der Waals surface area contributed by atoms with Gasteiger partial charge in [-0.1, -0.05) is 0 Å². The molecule has 4 heteroatoms. The van der Waals surface area contributed by atoms with Crippen molar-refractivity contribution in [2.75, 3.05) is 21.3 Å². The van der Waals surface area contributed by atoms with E-state index in [2.05, 4.69) is 29.4 Å². The second kappa shape index (κ2) is 6.24. The Labute approximate surface area is 127 Å². The SMILES string of the molecule is COc1cc(CN(C)C2CC3CCC(C2)N3)cc(OC)c1. The maximum atomic E-state index is 5.36. The van der Waals surface area contributed by atoms with Crippen LogP contribution in [0.4, 0.5) is 0 Å². The van der Waals surface area contributed by atoms with E-state index < -0.39 is 0 Å². The predicted molar refractivity (Wildman–Crippen MR) is 84.0 cm³/mol. The van der Waals surface area contributed by atoms with Crippen molar-refractivity contribution in [1.82, 2.24) is 10.2 Å². The van der Waals surface area contributed by atoms with Gasteiger partial charge in [0.1, 0.15) is 11.5 Å². The molecule has 4 nitrogen and oxygen atoms in total. The van der Waals surface area contributed by atoms with Crippen LogP contribution in [0, 0.1) is 0 Å². The Bertz CT molecular complexity index is 457. The molecule has 0 radical (unpaired) electrons. The molecule has 2 unspecified atom stereocenters. The number of hydrogen-bond donors (Lipinski definition) is 1. The van der Waals surface area contributed by atoms with Crippen molar-refractivity contribution in [2.45, 2.75) is 50.4 Å². The van der Waals surface area contributed by atoms with Gasteiger partial charge in [-0.15, -0.1) is 0 Å². The molecule has 2 heterocycles. The van der Waals surface area contributed by atoms with E-state index in [1.165, 1.54) is 31.2 Å². The summed E-state index contributed by atoms with van der Waals surface area (Å²) in [6.07, 6.45) is 5.24. The van der Waals surface area contributed by atoms with Crippen LogP contribution in [0.15, 0.2) is 18.2 Å². The number of benzene rings is 1. The first-order valence-electron chi connectivity index (χ1n) is 7.86. The zero-order chi connectivity index (χ0) is 14.8. The van der Waals surface area contributed by atoms with Gasteiger partial charge in [0, 0.05) is 30.7 Å². The highest BCUT2D eigenvalue weighted by Crippen LogP contribution is 2.30. The van der Waals surface area contributed by atoms with Crippen LogP contribution in [0.25, 0.3) is 0 Å². The van der Waals surface area contributed by atoms with Crippen LogP contribution in [-0.2, 0) is 6.54 Å². The number of nitrogens with zero attached hydrogens (tertiary/aromatic N) is 1. The fourth-order valence-corrected chi connectivity index (χ4v) is 3.76. The molecule has 1 aromatic rings. The van der Waals surface area contributed by atoms with Crippen LogP contribution >= 0.6 is 0 Å². The molecule has 116 valence electrons. The Kier molecular flexibility index (Phi) is 4.36. The molecule has 2 aliphatic rings. The van der Waals surface area contributed by atoms with E-state index in [0.29, 0.717) is 6.04 Å². The molecule has 2 aliphatic heterocycles. The molecule has 2 atom stereocenters. The van der Waals surface area contributed by atoms with Crippen LogP contribution < -0.4 is 14.8 Å². The predicted octanol–water partition coefficient (Wildman–Crippen LogP) is 2.42. The Morgan fingerprint density at radius 3 is 2.14 bits per heavy atom. The molecule has 3 rings (SSSR count). The molecule has 1 aromatic carbocycles. The number of fused-ring (bicyclic) bond motifs is 2. The normalized spacial score (nSPS) is 27.9. The number of piperidine rings is 1. The second-order valence-electron chi connectivity index (χ2n) is 6.40. The van der Waals surface area contributed by atoms with Crippen molar-refractivity contribution in [1.29, 1.82) is 0 Å². The standard InChI is InChI=1S/C17H26N2O2/c1-19(15-8-13-4-5-14(9-15)18-13)11-12-6-16(20-2)10-17(7-12)21-3/h6-7,10,13-15,18H,4-5,8-9,11H2,1-3H3. The van der Waals surface area contributed by atoms with Crippen molar-refractivity contribution in [2.24, 2.45) is 0 Å². The van der Waals surface area contributed by atoms with Gasteiger partial charge in [-0.3, -0.25) is 4.90 Å². The van der Waals surface area contributed by atoms with Gasteiger partial charge in [-0.05, 0) is 50.4 Å². The van der Waals surface area contributed by atoms with E-state index in [-0.39, 0.29) is 0 Å². The van der Waals surface area contributed by atoms with E-state index in [4.69, 9.17) is 9.47 Å². The minimum atomic E-state index is 0.681. The number of nitrogens with one attached hydrogen (secondary N) is 1. The first-order chi connectivity index (χ1) is 10.2. The van der Waals surface area contributed by atoms with Crippen molar-refractivity contribution in [3.8, 4) is 11.5 Å². The lowest BCUT2D eigenvalue weighted by atomic mass is 9.98. The van der Waals surface area contributed by atoms with Crippen molar-refractivity contribution in [3.63, 3.8) is 0 Å². The molecular formula is C17H26N2O2. The van der Waals surface area contributed by atoms with E-state index in [0.717, 1.165) is 30.1 Å². The first kappa shape index (κ1) is 14.7. The number of ether oxygens (including phenoxy) is 2. The second-order valence-corrected chi connectivity index (χ2v) is 6.40. The Morgan fingerprint density at radius 2 is 1.62 bits per heavy atom. The van der Waals surface area contributed by atoms with Gasteiger partial charge in [-0.2, -0.15) is 0 Å². The topological polar surface area (TPSA) is 33.7 Å². The van der Waals surface area contributed by atoms with E-state index in [1.54, 1.807) is 14.2 Å². The highest BCUT2D eigenvalue weighted by Gasteiger charge is 2.34. The van der Waals surface area contributed by atoms with Crippen molar-refractivity contribution >= 4 is 0 Å². The minimum Gasteiger partial charge on any atom is -0.497 e. The van der Waals surface area contributed by atoms with Gasteiger partial charge in [0.15, 0.2) is 0 Å². The zero-order valence-corrected chi connectivity index (χ0v) is 13.3. The summed E-state index contributed by atoms with van der Waals surface area (Å²) in [5, 5.41) is 3.71. The molecule has 2 bridgehead atoms. The summed E-state index contributed by atoms with van der Waals surface area (Å²) in [4.78, 5) is 2.49. The Balaban J connectivity index is 1.68. The lowest BCUT2D eigenvalue weighted by molar-refractivity contribution is 0.165. The van der Waals surface area contributed by atoms with Gasteiger partial charge in [0.25, 0.3) is 0 Å². The van der Waals surface area contributed by atoms with Crippen molar-refractivity contribution < 1.29 is 9.47 Å². The molecule has 0 spiro atoms. The Hall–Kier alpha value is -1.26. The van der Waals surface area contributed by atoms with Gasteiger partial charge in [0.2, 0.25) is 0 Å². The molecule has 2 fully saturated rings. The average Bonchev–Trinajstić information content (AvgIpc) is 2.84. The molecule has 2 saturated heterocycles. The lowest BCUT2D eigenvalue weighted by Gasteiger charge is -2.35. The van der Waals surface area contributed by atoms with Gasteiger partial charge < -0.3 is 14.8 Å². The smallest absolute Gasteiger partial charge is 0.122 e. The summed E-state index contributed by atoms with van der Waals surface area (Å²) in [6.45, 7) is 0.942. The van der Waals surface area contributed by atoms with E-state index in [9.17, 15) is 0 Å². The van der Waals surface area contributed by atoms with Crippen LogP contribution in [0.2, 0.25) is 0 Å². The lowest BCUT2D eigenvalue weighted by Crippen LogP contribution is -2.46. The average molecular weight is 290 g/mol. The van der Waals surface area contributed by atoms with Gasteiger partial charge in [-0.25, -0.2) is 0 Å². The van der Waals surface area contributed by atoms with E-state index >= 15 is 0 Å². The summed E-state index contributed by atoms with van der Waals surface area (Å²) >= 11 is 0. The Morgan fingerprint density at radius 1 is 1.05 bits per heavy atom. The third-order valence-corrected chi connectivity index (χ3v) is 4.91. The minimum absolute atomic E-state index is 0.681. The number of methoxy groups -OCH3 is 2. The van der Waals surface area contributed by atoms with Gasteiger partial charge in [0.05, 0.1) is 14.2 Å². The van der Waals surface area contributed by atoms with Crippen LogP contribution in [0.3, 0.4) is 0 Å². The molecule has 0 aliphatic carbocycles. The highest BCUT2D eigenvalue weighted by molar-refractivity contribution is 5.38. The van der Waals surface area contributed by atoms with Gasteiger partial charge >= 0.3 is 0 Å². The number of rotatable bonds is 5.